The zero-order valence-electron chi connectivity index (χ0n) is 26.9. The second-order valence-electron chi connectivity index (χ2n) is 12.5. The zero-order valence-corrected chi connectivity index (χ0v) is 27.9. The molecule has 44 heavy (non-hydrogen) atoms. The van der Waals surface area contributed by atoms with Gasteiger partial charge >= 0.3 is 18.2 Å². The number of nitrogens with one attached hydrogen (secondary N) is 3. The smallest absolute Gasteiger partial charge is 0.411 e. The Hall–Kier alpha value is -4.10. The number of benzene rings is 1. The molecule has 0 aliphatic heterocycles. The van der Waals surface area contributed by atoms with Crippen LogP contribution in [0, 0.1) is 0 Å². The predicted molar refractivity (Wildman–Crippen MR) is 175 cm³/mol. The number of aliphatic carboxylic acids is 1. The summed E-state index contributed by atoms with van der Waals surface area (Å²) >= 11 is 0. The van der Waals surface area contributed by atoms with E-state index in [-0.39, 0.29) is 13.2 Å². The number of rotatable bonds is 16. The maximum absolute atomic E-state index is 12.8. The summed E-state index contributed by atoms with van der Waals surface area (Å²) in [6.07, 6.45) is 4.21. The van der Waals surface area contributed by atoms with Crippen molar-refractivity contribution in [2.24, 2.45) is 0 Å². The number of nitrogens with zero attached hydrogens (tertiary/aromatic N) is 2. The fourth-order valence-corrected chi connectivity index (χ4v) is 4.79. The molecule has 1 aromatic carbocycles. The number of anilines is 2. The number of alkyl carbamates (subject to hydrolysis) is 1. The second-order valence-corrected chi connectivity index (χ2v) is 18.1. The number of carboxylic acid groups (broad SMARTS) is 1. The first-order valence-corrected chi connectivity index (χ1v) is 18.1. The first-order chi connectivity index (χ1) is 20.6. The van der Waals surface area contributed by atoms with Crippen LogP contribution in [0.1, 0.15) is 45.5 Å². The largest absolute Gasteiger partial charge is 0.480 e. The highest BCUT2D eigenvalue weighted by molar-refractivity contribution is 6.76. The van der Waals surface area contributed by atoms with Gasteiger partial charge in [0.15, 0.2) is 0 Å². The van der Waals surface area contributed by atoms with Gasteiger partial charge in [-0.05, 0) is 57.9 Å². The van der Waals surface area contributed by atoms with Crippen molar-refractivity contribution in [1.82, 2.24) is 14.9 Å². The molecular weight excluding hydrogens is 582 g/mol. The molecule has 0 aliphatic rings. The van der Waals surface area contributed by atoms with E-state index in [2.05, 4.69) is 48.7 Å². The number of hydrogen-bond acceptors (Lipinski definition) is 8. The molecule has 13 heteroatoms. The Balaban J connectivity index is 2.62. The number of hydrogen-bond donors (Lipinski definition) is 4. The van der Waals surface area contributed by atoms with Gasteiger partial charge in [0.25, 0.3) is 0 Å². The molecule has 2 aromatic rings. The minimum absolute atomic E-state index is 0.148. The Morgan fingerprint density at radius 1 is 1.11 bits per heavy atom. The number of carbonyl (C=O) groups excluding carboxylic acids is 2. The molecule has 4 N–H and O–H groups in total. The normalized spacial score (nSPS) is 12.9. The first-order valence-electron chi connectivity index (χ1n) is 14.4. The lowest BCUT2D eigenvalue weighted by Crippen LogP contribution is -2.36. The van der Waals surface area contributed by atoms with Gasteiger partial charge in [-0.3, -0.25) is 5.32 Å². The third kappa shape index (κ3) is 11.9. The number of carboxylic acids is 1. The Kier molecular flexibility index (Phi) is 13.2. The molecule has 12 nitrogen and oxygen atoms in total. The van der Waals surface area contributed by atoms with E-state index in [0.717, 1.165) is 6.04 Å². The van der Waals surface area contributed by atoms with Crippen LogP contribution in [0.3, 0.4) is 0 Å². The minimum atomic E-state index is -1.33. The second kappa shape index (κ2) is 16.1. The molecule has 0 spiro atoms. The third-order valence-electron chi connectivity index (χ3n) is 6.20. The van der Waals surface area contributed by atoms with Gasteiger partial charge in [-0.2, -0.15) is 0 Å². The average molecular weight is 630 g/mol. The van der Waals surface area contributed by atoms with Crippen LogP contribution in [0.25, 0.3) is 11.3 Å². The van der Waals surface area contributed by atoms with E-state index >= 15 is 0 Å². The molecule has 2 rings (SSSR count). The number of imidazole rings is 1. The standard InChI is InChI=1S/C31H47N5O7Si/c1-10-12-23(35-30(40)43-31(3,4)5)27-34-26(19-36(27)20-42-16-17-44(7,8)9)22-15-14-21(32-29(39)41-6)18-25(22)33-24(13-11-2)28(37)38/h10-11,14-15,18-19,23-24,33H,1-2,12-13,16-17,20H2,3-9H3,(H,32,39)(H,35,40)(H,37,38)/t23-,24+/m0/s1. The summed E-state index contributed by atoms with van der Waals surface area (Å²) in [7, 11) is -0.0856. The van der Waals surface area contributed by atoms with Crippen LogP contribution in [-0.4, -0.2) is 66.2 Å². The number of amides is 2. The highest BCUT2D eigenvalue weighted by Crippen LogP contribution is 2.33. The van der Waals surface area contributed by atoms with Crippen LogP contribution in [0.15, 0.2) is 49.7 Å². The van der Waals surface area contributed by atoms with Gasteiger partial charge in [-0.1, -0.05) is 31.8 Å². The molecule has 0 aliphatic carbocycles. The van der Waals surface area contributed by atoms with E-state index in [1.807, 2.05) is 4.57 Å². The molecule has 2 amide bonds. The van der Waals surface area contributed by atoms with Crippen molar-refractivity contribution < 1.29 is 33.7 Å². The maximum atomic E-state index is 12.8. The van der Waals surface area contributed by atoms with Gasteiger partial charge in [0.1, 0.15) is 24.2 Å². The van der Waals surface area contributed by atoms with E-state index in [1.54, 1.807) is 51.2 Å². The molecule has 0 saturated carbocycles. The third-order valence-corrected chi connectivity index (χ3v) is 7.90. The molecule has 1 aromatic heterocycles. The van der Waals surface area contributed by atoms with Crippen LogP contribution in [-0.2, 0) is 25.7 Å². The van der Waals surface area contributed by atoms with Gasteiger partial charge in [0.05, 0.1) is 18.8 Å². The maximum Gasteiger partial charge on any atom is 0.411 e. The Bertz CT molecular complexity index is 1310. The molecule has 0 fully saturated rings. The number of methoxy groups -OCH3 is 1. The summed E-state index contributed by atoms with van der Waals surface area (Å²) in [4.78, 5) is 41.6. The topological polar surface area (TPSA) is 153 Å². The fourth-order valence-electron chi connectivity index (χ4n) is 4.04. The van der Waals surface area contributed by atoms with Gasteiger partial charge in [0, 0.05) is 37.8 Å². The van der Waals surface area contributed by atoms with E-state index in [4.69, 9.17) is 19.2 Å². The Morgan fingerprint density at radius 2 is 1.80 bits per heavy atom. The van der Waals surface area contributed by atoms with Crippen LogP contribution < -0.4 is 16.0 Å². The molecule has 0 radical (unpaired) electrons. The monoisotopic (exact) mass is 629 g/mol. The van der Waals surface area contributed by atoms with Gasteiger partial charge in [-0.15, -0.1) is 13.2 Å². The average Bonchev–Trinajstić information content (AvgIpc) is 3.33. The molecular formula is C31H47N5O7Si. The molecule has 0 bridgehead atoms. The Morgan fingerprint density at radius 3 is 2.36 bits per heavy atom. The first kappa shape index (κ1) is 36.1. The van der Waals surface area contributed by atoms with Gasteiger partial charge in [0.2, 0.25) is 0 Å². The lowest BCUT2D eigenvalue weighted by Gasteiger charge is -2.23. The lowest BCUT2D eigenvalue weighted by atomic mass is 10.1. The predicted octanol–water partition coefficient (Wildman–Crippen LogP) is 6.62. The summed E-state index contributed by atoms with van der Waals surface area (Å²) in [5.74, 6) is -0.570. The summed E-state index contributed by atoms with van der Waals surface area (Å²) in [5, 5.41) is 18.3. The van der Waals surface area contributed by atoms with Gasteiger partial charge < -0.3 is 34.5 Å². The van der Waals surface area contributed by atoms with Crippen LogP contribution >= 0.6 is 0 Å². The van der Waals surface area contributed by atoms with Crippen LogP contribution in [0.4, 0.5) is 21.0 Å². The van der Waals surface area contributed by atoms with E-state index < -0.39 is 43.9 Å². The summed E-state index contributed by atoms with van der Waals surface area (Å²) < 4.78 is 18.1. The van der Waals surface area contributed by atoms with Crippen molar-refractivity contribution in [2.75, 3.05) is 24.4 Å². The quantitative estimate of drug-likeness (QED) is 0.0911. The number of carbonyl (C=O) groups is 3. The number of ether oxygens (including phenoxy) is 3. The molecule has 2 atom stereocenters. The van der Waals surface area contributed by atoms with Crippen molar-refractivity contribution >= 4 is 37.6 Å². The molecule has 0 saturated heterocycles. The van der Waals surface area contributed by atoms with E-state index in [9.17, 15) is 19.5 Å². The Labute approximate surface area is 260 Å². The van der Waals surface area contributed by atoms with Crippen molar-refractivity contribution in [2.45, 2.75) is 83.7 Å². The zero-order chi connectivity index (χ0) is 33.1. The molecule has 242 valence electrons. The van der Waals surface area contributed by atoms with Crippen molar-refractivity contribution in [3.8, 4) is 11.3 Å². The summed E-state index contributed by atoms with van der Waals surface area (Å²) in [6, 6.07) is 4.36. The van der Waals surface area contributed by atoms with Gasteiger partial charge in [-0.25, -0.2) is 19.4 Å². The van der Waals surface area contributed by atoms with Crippen molar-refractivity contribution in [3.63, 3.8) is 0 Å². The van der Waals surface area contributed by atoms with Crippen molar-refractivity contribution in [3.05, 3.63) is 55.5 Å². The van der Waals surface area contributed by atoms with E-state index in [1.165, 1.54) is 13.2 Å². The number of aromatic nitrogens is 2. The minimum Gasteiger partial charge on any atom is -0.480 e. The van der Waals surface area contributed by atoms with E-state index in [0.29, 0.717) is 41.5 Å². The fraction of sp³-hybridized carbons (Fsp3) is 0.484. The summed E-state index contributed by atoms with van der Waals surface area (Å²) in [5.41, 5.74) is 1.15. The highest BCUT2D eigenvalue weighted by Gasteiger charge is 2.26. The molecule has 0 unspecified atom stereocenters. The van der Waals surface area contributed by atoms with Crippen LogP contribution in [0.2, 0.25) is 25.7 Å². The van der Waals surface area contributed by atoms with Crippen molar-refractivity contribution in [1.29, 1.82) is 0 Å². The SMILES string of the molecule is C=CC[C@H](NC(=O)OC(C)(C)C)c1nc(-c2ccc(NC(=O)OC)cc2N[C@H](CC=C)C(=O)O)cn1COCC[Si](C)(C)C. The summed E-state index contributed by atoms with van der Waals surface area (Å²) in [6.45, 7) is 20.4. The lowest BCUT2D eigenvalue weighted by molar-refractivity contribution is -0.137. The van der Waals surface area contributed by atoms with Crippen LogP contribution in [0.5, 0.6) is 0 Å². The molecule has 1 heterocycles. The highest BCUT2D eigenvalue weighted by atomic mass is 28.3.